The van der Waals surface area contributed by atoms with E-state index in [2.05, 4.69) is 31.4 Å². The van der Waals surface area contributed by atoms with Crippen molar-refractivity contribution in [3.05, 3.63) is 54.6 Å². The van der Waals surface area contributed by atoms with Gasteiger partial charge in [-0.2, -0.15) is 4.98 Å². The molecule has 0 saturated heterocycles. The molecule has 21 heavy (non-hydrogen) atoms. The van der Waals surface area contributed by atoms with Gasteiger partial charge in [-0.1, -0.05) is 6.07 Å². The van der Waals surface area contributed by atoms with Gasteiger partial charge in [0.25, 0.3) is 0 Å². The van der Waals surface area contributed by atoms with Crippen LogP contribution in [0, 0.1) is 0 Å². The molecular weight excluding hydrogens is 264 g/mol. The number of pyridine rings is 2. The third kappa shape index (κ3) is 2.14. The monoisotopic (exact) mass is 278 g/mol. The summed E-state index contributed by atoms with van der Waals surface area (Å²) in [5, 5.41) is 7.97. The Balaban J connectivity index is 1.77. The van der Waals surface area contributed by atoms with Crippen LogP contribution in [0.2, 0.25) is 0 Å². The second kappa shape index (κ2) is 4.97. The number of anilines is 1. The molecular formula is C15H14N6. The lowest BCUT2D eigenvalue weighted by Crippen LogP contribution is -2.24. The van der Waals surface area contributed by atoms with Gasteiger partial charge in [-0.05, 0) is 30.2 Å². The Kier molecular flexibility index (Phi) is 2.85. The van der Waals surface area contributed by atoms with Crippen molar-refractivity contribution in [1.82, 2.24) is 24.7 Å². The largest absolute Gasteiger partial charge is 0.354 e. The standard InChI is InChI=1S/C15H14N6/c1-2-12(10-17-6-1)13-5-9-18-15-19-14(20-21(13)15)11-3-7-16-8-4-11/h1-4,6-8,10,13H,5,9H2,(H,18,19,20). The second-order valence-corrected chi connectivity index (χ2v) is 4.96. The molecule has 6 nitrogen and oxygen atoms in total. The van der Waals surface area contributed by atoms with Gasteiger partial charge in [0, 0.05) is 36.9 Å². The zero-order valence-electron chi connectivity index (χ0n) is 11.3. The summed E-state index contributed by atoms with van der Waals surface area (Å²) in [5.74, 6) is 1.53. The Labute approximate surface area is 121 Å². The molecule has 104 valence electrons. The van der Waals surface area contributed by atoms with Gasteiger partial charge in [-0.3, -0.25) is 9.97 Å². The fourth-order valence-electron chi connectivity index (χ4n) is 2.61. The summed E-state index contributed by atoms with van der Waals surface area (Å²) in [6.07, 6.45) is 8.16. The smallest absolute Gasteiger partial charge is 0.222 e. The van der Waals surface area contributed by atoms with E-state index in [-0.39, 0.29) is 6.04 Å². The molecule has 4 heterocycles. The predicted molar refractivity (Wildman–Crippen MR) is 78.7 cm³/mol. The van der Waals surface area contributed by atoms with E-state index in [0.717, 1.165) is 35.9 Å². The number of aromatic nitrogens is 5. The Hall–Kier alpha value is -2.76. The van der Waals surface area contributed by atoms with Crippen LogP contribution in [0.15, 0.2) is 49.1 Å². The summed E-state index contributed by atoms with van der Waals surface area (Å²) in [7, 11) is 0. The number of fused-ring (bicyclic) bond motifs is 1. The molecule has 1 atom stereocenters. The molecule has 1 N–H and O–H groups in total. The lowest BCUT2D eigenvalue weighted by molar-refractivity contribution is 0.480. The van der Waals surface area contributed by atoms with Gasteiger partial charge >= 0.3 is 0 Å². The Morgan fingerprint density at radius 1 is 1.10 bits per heavy atom. The number of nitrogens with one attached hydrogen (secondary N) is 1. The minimum absolute atomic E-state index is 0.179. The Morgan fingerprint density at radius 2 is 2.00 bits per heavy atom. The molecule has 0 radical (unpaired) electrons. The van der Waals surface area contributed by atoms with Crippen LogP contribution in [-0.4, -0.2) is 31.3 Å². The van der Waals surface area contributed by atoms with Crippen molar-refractivity contribution in [2.24, 2.45) is 0 Å². The topological polar surface area (TPSA) is 68.5 Å². The molecule has 6 heteroatoms. The van der Waals surface area contributed by atoms with Crippen molar-refractivity contribution in [3.8, 4) is 11.4 Å². The Morgan fingerprint density at radius 3 is 2.81 bits per heavy atom. The van der Waals surface area contributed by atoms with Crippen LogP contribution in [0.5, 0.6) is 0 Å². The number of hydrogen-bond acceptors (Lipinski definition) is 5. The van der Waals surface area contributed by atoms with Crippen molar-refractivity contribution in [2.45, 2.75) is 12.5 Å². The molecule has 0 bridgehead atoms. The predicted octanol–water partition coefficient (Wildman–Crippen LogP) is 2.14. The van der Waals surface area contributed by atoms with Crippen molar-refractivity contribution in [2.75, 3.05) is 11.9 Å². The number of hydrogen-bond donors (Lipinski definition) is 1. The average Bonchev–Trinajstić information content (AvgIpc) is 3.00. The van der Waals surface area contributed by atoms with Crippen LogP contribution in [0.4, 0.5) is 5.95 Å². The van der Waals surface area contributed by atoms with Crippen LogP contribution in [-0.2, 0) is 0 Å². The highest BCUT2D eigenvalue weighted by Crippen LogP contribution is 2.29. The summed E-state index contributed by atoms with van der Waals surface area (Å²) in [6.45, 7) is 0.883. The van der Waals surface area contributed by atoms with E-state index in [9.17, 15) is 0 Å². The fraction of sp³-hybridized carbons (Fsp3) is 0.200. The zero-order valence-corrected chi connectivity index (χ0v) is 11.3. The van der Waals surface area contributed by atoms with Gasteiger partial charge < -0.3 is 5.32 Å². The van der Waals surface area contributed by atoms with Crippen molar-refractivity contribution >= 4 is 5.95 Å². The van der Waals surface area contributed by atoms with Crippen molar-refractivity contribution in [1.29, 1.82) is 0 Å². The molecule has 0 aliphatic carbocycles. The highest BCUT2D eigenvalue weighted by atomic mass is 15.4. The van der Waals surface area contributed by atoms with Crippen LogP contribution in [0.25, 0.3) is 11.4 Å². The second-order valence-electron chi connectivity index (χ2n) is 4.96. The summed E-state index contributed by atoms with van der Waals surface area (Å²) in [4.78, 5) is 12.8. The highest BCUT2D eigenvalue weighted by Gasteiger charge is 2.24. The molecule has 0 saturated carbocycles. The zero-order chi connectivity index (χ0) is 14.1. The van der Waals surface area contributed by atoms with E-state index < -0.39 is 0 Å². The molecule has 0 amide bonds. The summed E-state index contributed by atoms with van der Waals surface area (Å²) in [5.41, 5.74) is 2.13. The number of nitrogens with zero attached hydrogens (tertiary/aromatic N) is 5. The lowest BCUT2D eigenvalue weighted by Gasteiger charge is -2.24. The number of rotatable bonds is 2. The van der Waals surface area contributed by atoms with E-state index >= 15 is 0 Å². The van der Waals surface area contributed by atoms with Gasteiger partial charge in [0.1, 0.15) is 0 Å². The maximum atomic E-state index is 4.67. The molecule has 1 aliphatic heterocycles. The van der Waals surface area contributed by atoms with Crippen LogP contribution in [0.3, 0.4) is 0 Å². The minimum Gasteiger partial charge on any atom is -0.354 e. The van der Waals surface area contributed by atoms with Crippen LogP contribution >= 0.6 is 0 Å². The maximum Gasteiger partial charge on any atom is 0.222 e. The first-order chi connectivity index (χ1) is 10.4. The van der Waals surface area contributed by atoms with Crippen LogP contribution in [0.1, 0.15) is 18.0 Å². The molecule has 1 aliphatic rings. The SMILES string of the molecule is c1cncc(C2CCNc3nc(-c4ccncc4)nn32)c1. The third-order valence-electron chi connectivity index (χ3n) is 3.64. The molecule has 0 aromatic carbocycles. The summed E-state index contributed by atoms with van der Waals surface area (Å²) >= 11 is 0. The van der Waals surface area contributed by atoms with E-state index in [1.165, 1.54) is 0 Å². The molecule has 3 aromatic heterocycles. The van der Waals surface area contributed by atoms with Gasteiger partial charge in [0.2, 0.25) is 5.95 Å². The van der Waals surface area contributed by atoms with E-state index in [4.69, 9.17) is 0 Å². The molecule has 0 spiro atoms. The fourth-order valence-corrected chi connectivity index (χ4v) is 2.61. The van der Waals surface area contributed by atoms with Crippen molar-refractivity contribution < 1.29 is 0 Å². The lowest BCUT2D eigenvalue weighted by atomic mass is 10.1. The van der Waals surface area contributed by atoms with Gasteiger partial charge in [0.05, 0.1) is 6.04 Å². The average molecular weight is 278 g/mol. The first-order valence-electron chi connectivity index (χ1n) is 6.92. The third-order valence-corrected chi connectivity index (χ3v) is 3.64. The first kappa shape index (κ1) is 12.0. The highest BCUT2D eigenvalue weighted by molar-refractivity contribution is 5.55. The minimum atomic E-state index is 0.179. The van der Waals surface area contributed by atoms with Gasteiger partial charge in [-0.15, -0.1) is 5.10 Å². The molecule has 1 unspecified atom stereocenters. The van der Waals surface area contributed by atoms with E-state index in [1.807, 2.05) is 29.1 Å². The summed E-state index contributed by atoms with van der Waals surface area (Å²) < 4.78 is 1.95. The first-order valence-corrected chi connectivity index (χ1v) is 6.92. The summed E-state index contributed by atoms with van der Waals surface area (Å²) in [6, 6.07) is 8.05. The maximum absolute atomic E-state index is 4.67. The van der Waals surface area contributed by atoms with Gasteiger partial charge in [-0.25, -0.2) is 4.68 Å². The van der Waals surface area contributed by atoms with Gasteiger partial charge in [0.15, 0.2) is 5.82 Å². The normalized spacial score (nSPS) is 17.0. The van der Waals surface area contributed by atoms with Crippen LogP contribution < -0.4 is 5.32 Å². The molecule has 4 rings (SSSR count). The van der Waals surface area contributed by atoms with E-state index in [0.29, 0.717) is 0 Å². The van der Waals surface area contributed by atoms with E-state index in [1.54, 1.807) is 18.6 Å². The molecule has 0 fully saturated rings. The molecule has 3 aromatic rings. The van der Waals surface area contributed by atoms with Crippen molar-refractivity contribution in [3.63, 3.8) is 0 Å². The Bertz CT molecular complexity index is 737. The quantitative estimate of drug-likeness (QED) is 0.777.